The maximum absolute atomic E-state index is 11.4. The minimum atomic E-state index is -0.346. The average molecular weight is 228 g/mol. The third-order valence-electron chi connectivity index (χ3n) is 2.25. The molecule has 0 aliphatic carbocycles. The van der Waals surface area contributed by atoms with Gasteiger partial charge in [0.15, 0.2) is 0 Å². The molecule has 86 valence electrons. The Kier molecular flexibility index (Phi) is 3.45. The molecule has 0 radical (unpaired) electrons. The van der Waals surface area contributed by atoms with Crippen molar-refractivity contribution in [3.05, 3.63) is 48.4 Å². The summed E-state index contributed by atoms with van der Waals surface area (Å²) in [4.78, 5) is 19.6. The van der Waals surface area contributed by atoms with Crippen LogP contribution in [0.25, 0.3) is 11.3 Å². The van der Waals surface area contributed by atoms with Crippen LogP contribution in [0, 0.1) is 0 Å². The molecule has 0 amide bonds. The molecule has 4 heteroatoms. The molecule has 0 aliphatic heterocycles. The number of ether oxygens (including phenoxy) is 1. The summed E-state index contributed by atoms with van der Waals surface area (Å²) in [7, 11) is 0. The number of carbonyl (C=O) groups excluding carboxylic acids is 1. The lowest BCUT2D eigenvalue weighted by atomic mass is 10.1. The Balaban J connectivity index is 2.22. The molecule has 0 saturated carbocycles. The van der Waals surface area contributed by atoms with E-state index in [9.17, 15) is 4.79 Å². The summed E-state index contributed by atoms with van der Waals surface area (Å²) in [5.74, 6) is -0.346. The van der Waals surface area contributed by atoms with Gasteiger partial charge in [-0.1, -0.05) is 0 Å². The zero-order chi connectivity index (χ0) is 12.1. The average Bonchev–Trinajstić information content (AvgIpc) is 2.40. The van der Waals surface area contributed by atoms with Crippen LogP contribution in [0.1, 0.15) is 17.3 Å². The number of hydrogen-bond acceptors (Lipinski definition) is 4. The molecule has 0 aromatic carbocycles. The first-order valence-electron chi connectivity index (χ1n) is 5.35. The third kappa shape index (κ3) is 2.66. The van der Waals surface area contributed by atoms with Crippen LogP contribution in [0.3, 0.4) is 0 Å². The van der Waals surface area contributed by atoms with Crippen molar-refractivity contribution in [2.75, 3.05) is 6.61 Å². The SMILES string of the molecule is CCOC(=O)c1ccc(-c2ccncc2)nc1. The Labute approximate surface area is 99.3 Å². The van der Waals surface area contributed by atoms with Gasteiger partial charge in [0.2, 0.25) is 0 Å². The van der Waals surface area contributed by atoms with Crippen LogP contribution in [0.4, 0.5) is 0 Å². The van der Waals surface area contributed by atoms with Crippen LogP contribution in [0.2, 0.25) is 0 Å². The summed E-state index contributed by atoms with van der Waals surface area (Å²) >= 11 is 0. The normalized spacial score (nSPS) is 9.94. The van der Waals surface area contributed by atoms with Crippen LogP contribution in [-0.4, -0.2) is 22.5 Å². The summed E-state index contributed by atoms with van der Waals surface area (Å²) in [5.41, 5.74) is 2.24. The fraction of sp³-hybridized carbons (Fsp3) is 0.154. The van der Waals surface area contributed by atoms with E-state index < -0.39 is 0 Å². The van der Waals surface area contributed by atoms with Gasteiger partial charge >= 0.3 is 5.97 Å². The number of hydrogen-bond donors (Lipinski definition) is 0. The van der Waals surface area contributed by atoms with E-state index in [1.165, 1.54) is 6.20 Å². The minimum Gasteiger partial charge on any atom is -0.462 e. The molecule has 0 fully saturated rings. The van der Waals surface area contributed by atoms with Crippen molar-refractivity contribution < 1.29 is 9.53 Å². The maximum Gasteiger partial charge on any atom is 0.339 e. The van der Waals surface area contributed by atoms with E-state index in [2.05, 4.69) is 9.97 Å². The second-order valence-electron chi connectivity index (χ2n) is 3.39. The van der Waals surface area contributed by atoms with E-state index in [-0.39, 0.29) is 5.97 Å². The lowest BCUT2D eigenvalue weighted by molar-refractivity contribution is 0.0526. The molecule has 0 aliphatic rings. The predicted octanol–water partition coefficient (Wildman–Crippen LogP) is 2.32. The molecule has 0 unspecified atom stereocenters. The quantitative estimate of drug-likeness (QED) is 0.756. The van der Waals surface area contributed by atoms with Crippen LogP contribution in [-0.2, 0) is 4.74 Å². The van der Waals surface area contributed by atoms with Crippen molar-refractivity contribution in [3.8, 4) is 11.3 Å². The summed E-state index contributed by atoms with van der Waals surface area (Å²) in [6, 6.07) is 7.24. The lowest BCUT2D eigenvalue weighted by Crippen LogP contribution is -2.04. The Morgan fingerprint density at radius 2 is 2.00 bits per heavy atom. The van der Waals surface area contributed by atoms with E-state index in [0.29, 0.717) is 12.2 Å². The van der Waals surface area contributed by atoms with Crippen LogP contribution < -0.4 is 0 Å². The largest absolute Gasteiger partial charge is 0.462 e. The van der Waals surface area contributed by atoms with Gasteiger partial charge in [-0.3, -0.25) is 9.97 Å². The Morgan fingerprint density at radius 1 is 1.24 bits per heavy atom. The Morgan fingerprint density at radius 3 is 2.59 bits per heavy atom. The molecule has 0 saturated heterocycles. The molecule has 0 atom stereocenters. The number of carbonyl (C=O) groups is 1. The number of esters is 1. The van der Waals surface area contributed by atoms with E-state index in [1.54, 1.807) is 31.5 Å². The van der Waals surface area contributed by atoms with Crippen LogP contribution in [0.15, 0.2) is 42.9 Å². The first kappa shape index (κ1) is 11.3. The van der Waals surface area contributed by atoms with Gasteiger partial charge in [0.1, 0.15) is 0 Å². The first-order chi connectivity index (χ1) is 8.31. The van der Waals surface area contributed by atoms with Gasteiger partial charge in [0.05, 0.1) is 17.9 Å². The third-order valence-corrected chi connectivity index (χ3v) is 2.25. The van der Waals surface area contributed by atoms with Crippen LogP contribution in [0.5, 0.6) is 0 Å². The van der Waals surface area contributed by atoms with E-state index in [4.69, 9.17) is 4.74 Å². The predicted molar refractivity (Wildman–Crippen MR) is 63.4 cm³/mol. The standard InChI is InChI=1S/C13H12N2O2/c1-2-17-13(16)11-3-4-12(15-9-11)10-5-7-14-8-6-10/h3-9H,2H2,1H3. The van der Waals surface area contributed by atoms with Crippen molar-refractivity contribution in [1.82, 2.24) is 9.97 Å². The smallest absolute Gasteiger partial charge is 0.339 e. The molecule has 17 heavy (non-hydrogen) atoms. The highest BCUT2D eigenvalue weighted by Crippen LogP contribution is 2.15. The Hall–Kier alpha value is -2.23. The second-order valence-corrected chi connectivity index (χ2v) is 3.39. The molecule has 0 bridgehead atoms. The zero-order valence-corrected chi connectivity index (χ0v) is 9.46. The van der Waals surface area contributed by atoms with Crippen molar-refractivity contribution in [2.45, 2.75) is 6.92 Å². The van der Waals surface area contributed by atoms with Gasteiger partial charge in [-0.05, 0) is 31.2 Å². The highest BCUT2D eigenvalue weighted by molar-refractivity contribution is 5.89. The summed E-state index contributed by atoms with van der Waals surface area (Å²) in [6.07, 6.45) is 4.93. The molecule has 4 nitrogen and oxygen atoms in total. The van der Waals surface area contributed by atoms with Gasteiger partial charge in [-0.25, -0.2) is 4.79 Å². The topological polar surface area (TPSA) is 52.1 Å². The fourth-order valence-electron chi connectivity index (χ4n) is 1.42. The van der Waals surface area contributed by atoms with Crippen molar-refractivity contribution in [2.24, 2.45) is 0 Å². The number of rotatable bonds is 3. The van der Waals surface area contributed by atoms with E-state index in [1.807, 2.05) is 12.1 Å². The van der Waals surface area contributed by atoms with Crippen LogP contribution >= 0.6 is 0 Å². The van der Waals surface area contributed by atoms with E-state index >= 15 is 0 Å². The highest BCUT2D eigenvalue weighted by Gasteiger charge is 2.06. The second kappa shape index (κ2) is 5.21. The first-order valence-corrected chi connectivity index (χ1v) is 5.35. The number of aromatic nitrogens is 2. The summed E-state index contributed by atoms with van der Waals surface area (Å²) in [5, 5.41) is 0. The molecule has 0 N–H and O–H groups in total. The Bertz CT molecular complexity index is 495. The lowest BCUT2D eigenvalue weighted by Gasteiger charge is -2.03. The molecule has 2 rings (SSSR count). The van der Waals surface area contributed by atoms with Gasteiger partial charge in [-0.2, -0.15) is 0 Å². The minimum absolute atomic E-state index is 0.346. The van der Waals surface area contributed by atoms with Crippen molar-refractivity contribution in [3.63, 3.8) is 0 Å². The summed E-state index contributed by atoms with van der Waals surface area (Å²) < 4.78 is 4.88. The maximum atomic E-state index is 11.4. The number of nitrogens with zero attached hydrogens (tertiary/aromatic N) is 2. The van der Waals surface area contributed by atoms with Gasteiger partial charge in [-0.15, -0.1) is 0 Å². The molecular formula is C13H12N2O2. The highest BCUT2D eigenvalue weighted by atomic mass is 16.5. The molecule has 2 heterocycles. The molecule has 2 aromatic heterocycles. The van der Waals surface area contributed by atoms with Gasteiger partial charge in [0.25, 0.3) is 0 Å². The monoisotopic (exact) mass is 228 g/mol. The van der Waals surface area contributed by atoms with Crippen molar-refractivity contribution >= 4 is 5.97 Å². The fourth-order valence-corrected chi connectivity index (χ4v) is 1.42. The van der Waals surface area contributed by atoms with Crippen molar-refractivity contribution in [1.29, 1.82) is 0 Å². The van der Waals surface area contributed by atoms with Gasteiger partial charge in [0, 0.05) is 24.2 Å². The number of pyridine rings is 2. The van der Waals surface area contributed by atoms with E-state index in [0.717, 1.165) is 11.3 Å². The molecular weight excluding hydrogens is 216 g/mol. The zero-order valence-electron chi connectivity index (χ0n) is 9.46. The molecule has 2 aromatic rings. The summed E-state index contributed by atoms with van der Waals surface area (Å²) in [6.45, 7) is 2.14. The van der Waals surface area contributed by atoms with Gasteiger partial charge < -0.3 is 4.74 Å². The molecule has 0 spiro atoms.